The Morgan fingerprint density at radius 2 is 1.53 bits per heavy atom. The first-order chi connectivity index (χ1) is 27.3. The second-order valence-corrected chi connectivity index (χ2v) is 21.6. The molecule has 8 rings (SSSR count). The molecule has 5 saturated carbocycles. The number of carboxylic acids is 1. The zero-order chi connectivity index (χ0) is 41.6. The van der Waals surface area contributed by atoms with Crippen molar-refractivity contribution >= 4 is 23.5 Å². The number of hydrogen-bond acceptors (Lipinski definition) is 4. The van der Waals surface area contributed by atoms with E-state index in [0.717, 1.165) is 43.2 Å². The minimum absolute atomic E-state index is 0.0361. The lowest BCUT2D eigenvalue weighted by Gasteiger charge is -2.72. The van der Waals surface area contributed by atoms with Crippen LogP contribution in [0.4, 0.5) is 4.79 Å². The van der Waals surface area contributed by atoms with Crippen LogP contribution in [0.2, 0.25) is 0 Å². The molecule has 5 fully saturated rings. The van der Waals surface area contributed by atoms with E-state index in [4.69, 9.17) is 4.74 Å². The first kappa shape index (κ1) is 40.9. The van der Waals surface area contributed by atoms with Crippen LogP contribution in [0.25, 0.3) is 5.57 Å². The van der Waals surface area contributed by atoms with Crippen molar-refractivity contribution < 1.29 is 24.2 Å². The van der Waals surface area contributed by atoms with Gasteiger partial charge in [0.05, 0.1) is 5.56 Å². The molecule has 7 nitrogen and oxygen atoms in total. The van der Waals surface area contributed by atoms with E-state index in [9.17, 15) is 19.5 Å². The maximum Gasteiger partial charge on any atom is 0.407 e. The summed E-state index contributed by atoms with van der Waals surface area (Å²) in [6, 6.07) is 17.1. The van der Waals surface area contributed by atoms with Gasteiger partial charge in [0.15, 0.2) is 0 Å². The number of alkyl carbamates (subject to hydrolysis) is 1. The highest BCUT2D eigenvalue weighted by Gasteiger charge is 2.71. The molecule has 58 heavy (non-hydrogen) atoms. The highest BCUT2D eigenvalue weighted by atomic mass is 16.5. The van der Waals surface area contributed by atoms with Crippen molar-refractivity contribution in [3.05, 3.63) is 89.5 Å². The van der Waals surface area contributed by atoms with E-state index in [2.05, 4.69) is 78.7 Å². The van der Waals surface area contributed by atoms with Crippen LogP contribution in [0.3, 0.4) is 0 Å². The Labute approximate surface area is 347 Å². The van der Waals surface area contributed by atoms with Gasteiger partial charge in [0, 0.05) is 17.5 Å². The predicted octanol–water partition coefficient (Wildman–Crippen LogP) is 11.2. The van der Waals surface area contributed by atoms with E-state index in [1.54, 1.807) is 12.1 Å². The Hall–Kier alpha value is -3.87. The van der Waals surface area contributed by atoms with Crippen molar-refractivity contribution in [1.82, 2.24) is 10.6 Å². The van der Waals surface area contributed by atoms with Crippen molar-refractivity contribution in [2.75, 3.05) is 0 Å². The van der Waals surface area contributed by atoms with Crippen LogP contribution in [0, 0.1) is 62.6 Å². The van der Waals surface area contributed by atoms with Crippen molar-refractivity contribution in [1.29, 1.82) is 0 Å². The summed E-state index contributed by atoms with van der Waals surface area (Å²) in [5.41, 5.74) is 4.88. The number of benzene rings is 2. The van der Waals surface area contributed by atoms with Crippen LogP contribution < -0.4 is 10.6 Å². The number of allylic oxidation sites excluding steroid dienone is 3. The molecule has 2 aromatic rings. The number of rotatable bonds is 8. The summed E-state index contributed by atoms with van der Waals surface area (Å²) in [5.74, 6) is 1.48. The van der Waals surface area contributed by atoms with Crippen LogP contribution in [0.5, 0.6) is 0 Å². The first-order valence-corrected chi connectivity index (χ1v) is 22.3. The van der Waals surface area contributed by atoms with Crippen LogP contribution in [-0.4, -0.2) is 34.7 Å². The highest BCUT2D eigenvalue weighted by Crippen LogP contribution is 2.76. The number of carbonyl (C=O) groups excluding carboxylic acids is 2. The van der Waals surface area contributed by atoms with Gasteiger partial charge in [0.1, 0.15) is 6.61 Å². The Balaban J connectivity index is 1.00. The normalized spacial score (nSPS) is 39.2. The summed E-state index contributed by atoms with van der Waals surface area (Å²) in [6.07, 6.45) is 12.7. The van der Waals surface area contributed by atoms with Gasteiger partial charge in [-0.05, 0) is 157 Å². The third-order valence-electron chi connectivity index (χ3n) is 18.5. The average Bonchev–Trinajstić information content (AvgIpc) is 3.55. The molecule has 0 aromatic heterocycles. The summed E-state index contributed by atoms with van der Waals surface area (Å²) < 4.78 is 5.54. The molecule has 11 atom stereocenters. The molecule has 0 radical (unpaired) electrons. The van der Waals surface area contributed by atoms with Crippen molar-refractivity contribution in [2.45, 2.75) is 138 Å². The van der Waals surface area contributed by atoms with Gasteiger partial charge in [-0.2, -0.15) is 0 Å². The predicted molar refractivity (Wildman–Crippen MR) is 230 cm³/mol. The summed E-state index contributed by atoms with van der Waals surface area (Å²) >= 11 is 0. The number of carbonyl (C=O) groups is 3. The number of ether oxygens (including phenoxy) is 1. The maximum absolute atomic E-state index is 14.5. The van der Waals surface area contributed by atoms with Crippen LogP contribution in [0.1, 0.15) is 141 Å². The van der Waals surface area contributed by atoms with Crippen molar-refractivity contribution in [3.63, 3.8) is 0 Å². The lowest BCUT2D eigenvalue weighted by Crippen LogP contribution is -2.70. The smallest absolute Gasteiger partial charge is 0.407 e. The van der Waals surface area contributed by atoms with Crippen LogP contribution in [-0.2, 0) is 16.1 Å². The molecule has 3 N–H and O–H groups in total. The quantitative estimate of drug-likeness (QED) is 0.231. The van der Waals surface area contributed by atoms with E-state index < -0.39 is 12.1 Å². The molecule has 6 aliphatic carbocycles. The van der Waals surface area contributed by atoms with E-state index in [0.29, 0.717) is 41.6 Å². The van der Waals surface area contributed by atoms with E-state index in [-0.39, 0.29) is 57.1 Å². The van der Waals surface area contributed by atoms with Gasteiger partial charge in [0.2, 0.25) is 5.91 Å². The minimum Gasteiger partial charge on any atom is -0.478 e. The number of fused-ring (bicyclic) bond motifs is 7. The second kappa shape index (κ2) is 14.1. The highest BCUT2D eigenvalue weighted by molar-refractivity contribution is 5.88. The third kappa shape index (κ3) is 6.13. The molecule has 0 spiro atoms. The molecule has 0 heterocycles. The Bertz CT molecular complexity index is 2000. The van der Waals surface area contributed by atoms with Gasteiger partial charge < -0.3 is 20.5 Å². The third-order valence-corrected chi connectivity index (χ3v) is 18.5. The molecule has 2 amide bonds. The standard InChI is InChI=1S/C51H68N2O5/c1-31(2)35-21-26-51(53-43(54)38-29-41(47(38,5)6)52-45(57)58-30-32-13-11-10-12-14-32)28-27-49(8)37(42(35)51)19-20-40-48(7)24-22-36(33-15-17-34(18-16-33)44(55)56)46(3,4)39(48)23-25-50(40,49)9/h10-18,22,35,37-42H,1,19-21,23-30H2,2-9H3,(H,52,57)(H,53,54)(H,55,56)/t35-,37+,38-,39?,40?,41-,42?,48-,49+,50+,51-/m0/s1. The molecule has 7 heteroatoms. The van der Waals surface area contributed by atoms with Gasteiger partial charge in [-0.25, -0.2) is 9.59 Å². The number of amides is 2. The second-order valence-electron chi connectivity index (χ2n) is 21.6. The molecular weight excluding hydrogens is 721 g/mol. The number of aromatic carboxylic acids is 1. The van der Waals surface area contributed by atoms with E-state index >= 15 is 0 Å². The fourth-order valence-corrected chi connectivity index (χ4v) is 15.1. The van der Waals surface area contributed by atoms with Crippen LogP contribution >= 0.6 is 0 Å². The Morgan fingerprint density at radius 3 is 2.19 bits per heavy atom. The molecule has 6 aliphatic rings. The Morgan fingerprint density at radius 1 is 0.828 bits per heavy atom. The van der Waals surface area contributed by atoms with Gasteiger partial charge >= 0.3 is 12.1 Å². The van der Waals surface area contributed by atoms with Crippen molar-refractivity contribution in [3.8, 4) is 0 Å². The minimum atomic E-state index is -0.884. The monoisotopic (exact) mass is 789 g/mol. The molecule has 2 aromatic carbocycles. The van der Waals surface area contributed by atoms with Gasteiger partial charge in [-0.3, -0.25) is 4.79 Å². The van der Waals surface area contributed by atoms with Crippen LogP contribution in [0.15, 0.2) is 72.8 Å². The summed E-state index contributed by atoms with van der Waals surface area (Å²) in [6.45, 7) is 24.0. The first-order valence-electron chi connectivity index (χ1n) is 22.3. The number of nitrogens with one attached hydrogen (secondary N) is 2. The van der Waals surface area contributed by atoms with E-state index in [1.165, 1.54) is 36.8 Å². The molecule has 3 unspecified atom stereocenters. The molecule has 312 valence electrons. The molecule has 0 saturated heterocycles. The SMILES string of the molecule is C=C(C)[C@@H]1CC[C@]2(NC(=O)[C@@H]3C[C@H](NC(=O)OCc4ccccc4)C3(C)C)CC[C@]3(C)[C@H](CCC4[C@@]5(C)CC=C(c6ccc(C(=O)O)cc6)C(C)(C)C5CC[C@]43C)C12. The summed E-state index contributed by atoms with van der Waals surface area (Å²) in [5, 5.41) is 16.4. The van der Waals surface area contributed by atoms with Crippen molar-refractivity contribution in [2.24, 2.45) is 62.6 Å². The van der Waals surface area contributed by atoms with E-state index in [1.807, 2.05) is 42.5 Å². The zero-order valence-corrected chi connectivity index (χ0v) is 36.4. The lowest BCUT2D eigenvalue weighted by molar-refractivity contribution is -0.219. The van der Waals surface area contributed by atoms with Gasteiger partial charge in [0.25, 0.3) is 0 Å². The van der Waals surface area contributed by atoms with Gasteiger partial charge in [-0.15, -0.1) is 0 Å². The zero-order valence-electron chi connectivity index (χ0n) is 36.4. The summed E-state index contributed by atoms with van der Waals surface area (Å²) in [4.78, 5) is 38.9. The largest absolute Gasteiger partial charge is 0.478 e. The Kier molecular flexibility index (Phi) is 9.95. The van der Waals surface area contributed by atoms with Gasteiger partial charge in [-0.1, -0.05) is 109 Å². The molecule has 0 aliphatic heterocycles. The lowest BCUT2D eigenvalue weighted by atomic mass is 9.33. The molecular formula is C51H68N2O5. The summed E-state index contributed by atoms with van der Waals surface area (Å²) in [7, 11) is 0. The topological polar surface area (TPSA) is 105 Å². The average molecular weight is 789 g/mol. The molecule has 0 bridgehead atoms. The number of carboxylic acid groups (broad SMARTS) is 1. The number of hydrogen-bond donors (Lipinski definition) is 3. The maximum atomic E-state index is 14.5. The fourth-order valence-electron chi connectivity index (χ4n) is 15.1. The fraction of sp³-hybridized carbons (Fsp3) is 0.627.